The molecule has 2 N–H and O–H groups in total. The number of hydrazone groups is 1. The summed E-state index contributed by atoms with van der Waals surface area (Å²) in [4.78, 5) is 25.8. The van der Waals surface area contributed by atoms with Crippen LogP contribution in [0.2, 0.25) is 0 Å². The van der Waals surface area contributed by atoms with Gasteiger partial charge in [0.05, 0.1) is 28.1 Å². The Balaban J connectivity index is 1.59. The normalized spacial score (nSPS) is 13.4. The molecule has 1 saturated heterocycles. The van der Waals surface area contributed by atoms with Crippen LogP contribution in [0.1, 0.15) is 41.4 Å². The first-order chi connectivity index (χ1) is 16.5. The van der Waals surface area contributed by atoms with Crippen molar-refractivity contribution in [1.82, 2.24) is 15.2 Å². The Morgan fingerprint density at radius 3 is 2.62 bits per heavy atom. The van der Waals surface area contributed by atoms with Crippen molar-refractivity contribution in [2.75, 3.05) is 29.9 Å². The molecule has 1 amide bonds. The lowest BCUT2D eigenvalue weighted by Gasteiger charge is -2.20. The molecule has 10 heteroatoms. The molecular weight excluding hydrogens is 434 g/mol. The molecular formula is C24H27N7O3. The molecule has 1 aromatic heterocycles. The summed E-state index contributed by atoms with van der Waals surface area (Å²) in [5.41, 5.74) is 5.41. The predicted molar refractivity (Wildman–Crippen MR) is 132 cm³/mol. The van der Waals surface area contributed by atoms with Crippen LogP contribution in [0.4, 0.5) is 17.2 Å². The van der Waals surface area contributed by atoms with Crippen LogP contribution in [-0.4, -0.2) is 46.5 Å². The fourth-order valence-electron chi connectivity index (χ4n) is 4.04. The van der Waals surface area contributed by atoms with Crippen LogP contribution in [0.3, 0.4) is 0 Å². The number of aryl methyl sites for hydroxylation is 1. The molecule has 4 rings (SSSR count). The number of nitrogens with one attached hydrogen (secondary N) is 2. The van der Waals surface area contributed by atoms with Crippen LogP contribution in [-0.2, 0) is 0 Å². The van der Waals surface area contributed by atoms with Crippen molar-refractivity contribution in [3.63, 3.8) is 0 Å². The average molecular weight is 462 g/mol. The maximum Gasteiger partial charge on any atom is 0.293 e. The van der Waals surface area contributed by atoms with Crippen LogP contribution in [0.5, 0.6) is 0 Å². The van der Waals surface area contributed by atoms with Gasteiger partial charge in [-0.2, -0.15) is 10.2 Å². The highest BCUT2D eigenvalue weighted by Crippen LogP contribution is 2.29. The molecule has 0 saturated carbocycles. The molecule has 0 aliphatic carbocycles. The highest BCUT2D eigenvalue weighted by atomic mass is 16.6. The SMILES string of the molecule is CCNc1ccc(C(=O)NN=Cc2c(C)nn(-c3ccccc3)c2N2CCCC2)cc1[N+](=O)[O-]. The summed E-state index contributed by atoms with van der Waals surface area (Å²) in [5.74, 6) is 0.406. The highest BCUT2D eigenvalue weighted by Gasteiger charge is 2.23. The van der Waals surface area contributed by atoms with E-state index in [0.717, 1.165) is 48.7 Å². The molecule has 176 valence electrons. The maximum absolute atomic E-state index is 12.6. The molecule has 34 heavy (non-hydrogen) atoms. The first-order valence-electron chi connectivity index (χ1n) is 11.2. The molecule has 0 atom stereocenters. The van der Waals surface area contributed by atoms with Gasteiger partial charge in [0.25, 0.3) is 11.6 Å². The number of hydrogen-bond donors (Lipinski definition) is 2. The minimum atomic E-state index is -0.529. The summed E-state index contributed by atoms with van der Waals surface area (Å²) in [6.07, 6.45) is 3.80. The van der Waals surface area contributed by atoms with E-state index in [1.807, 2.05) is 48.9 Å². The van der Waals surface area contributed by atoms with E-state index in [0.29, 0.717) is 12.2 Å². The summed E-state index contributed by atoms with van der Waals surface area (Å²) >= 11 is 0. The Morgan fingerprint density at radius 1 is 1.21 bits per heavy atom. The minimum absolute atomic E-state index is 0.155. The van der Waals surface area contributed by atoms with Gasteiger partial charge < -0.3 is 10.2 Å². The third-order valence-electron chi connectivity index (χ3n) is 5.67. The second kappa shape index (κ2) is 10.2. The summed E-state index contributed by atoms with van der Waals surface area (Å²) in [7, 11) is 0. The first-order valence-corrected chi connectivity index (χ1v) is 11.2. The van der Waals surface area contributed by atoms with E-state index in [1.165, 1.54) is 18.2 Å². The second-order valence-electron chi connectivity index (χ2n) is 7.98. The van der Waals surface area contributed by atoms with Gasteiger partial charge >= 0.3 is 0 Å². The summed E-state index contributed by atoms with van der Waals surface area (Å²) in [5, 5.41) is 23.2. The molecule has 2 aromatic carbocycles. The molecule has 1 fully saturated rings. The summed E-state index contributed by atoms with van der Waals surface area (Å²) < 4.78 is 1.91. The number of aromatic nitrogens is 2. The van der Waals surface area contributed by atoms with Crippen LogP contribution in [0.25, 0.3) is 5.69 Å². The lowest BCUT2D eigenvalue weighted by Crippen LogP contribution is -2.23. The van der Waals surface area contributed by atoms with Gasteiger partial charge in [-0.15, -0.1) is 0 Å². The first kappa shape index (κ1) is 23.0. The number of nitro benzene ring substituents is 1. The number of benzene rings is 2. The van der Waals surface area contributed by atoms with Crippen LogP contribution in [0, 0.1) is 17.0 Å². The average Bonchev–Trinajstić information content (AvgIpc) is 3.48. The van der Waals surface area contributed by atoms with Crippen LogP contribution >= 0.6 is 0 Å². The second-order valence-corrected chi connectivity index (χ2v) is 7.98. The van der Waals surface area contributed by atoms with Crippen molar-refractivity contribution in [3.05, 3.63) is 75.5 Å². The van der Waals surface area contributed by atoms with Crippen molar-refractivity contribution in [2.24, 2.45) is 5.10 Å². The van der Waals surface area contributed by atoms with E-state index in [-0.39, 0.29) is 11.3 Å². The number of carbonyl (C=O) groups excluding carboxylic acids is 1. The number of nitrogens with zero attached hydrogens (tertiary/aromatic N) is 5. The number of hydrogen-bond acceptors (Lipinski definition) is 7. The zero-order valence-electron chi connectivity index (χ0n) is 19.2. The molecule has 0 spiro atoms. The van der Waals surface area contributed by atoms with E-state index in [4.69, 9.17) is 5.10 Å². The molecule has 0 bridgehead atoms. The smallest absolute Gasteiger partial charge is 0.293 e. The van der Waals surface area contributed by atoms with Gasteiger partial charge in [-0.05, 0) is 51.0 Å². The molecule has 0 radical (unpaired) electrons. The zero-order valence-corrected chi connectivity index (χ0v) is 19.2. The minimum Gasteiger partial charge on any atom is -0.380 e. The van der Waals surface area contributed by atoms with E-state index >= 15 is 0 Å². The van der Waals surface area contributed by atoms with Crippen molar-refractivity contribution >= 4 is 29.3 Å². The highest BCUT2D eigenvalue weighted by molar-refractivity contribution is 5.97. The third-order valence-corrected chi connectivity index (χ3v) is 5.67. The fraction of sp³-hybridized carbons (Fsp3) is 0.292. The Bertz CT molecular complexity index is 1210. The molecule has 10 nitrogen and oxygen atoms in total. The van der Waals surface area contributed by atoms with E-state index in [1.54, 1.807) is 6.21 Å². The lowest BCUT2D eigenvalue weighted by molar-refractivity contribution is -0.384. The van der Waals surface area contributed by atoms with Crippen LogP contribution < -0.4 is 15.6 Å². The number of rotatable bonds is 8. The van der Waals surface area contributed by atoms with Gasteiger partial charge in [0.15, 0.2) is 0 Å². The van der Waals surface area contributed by atoms with E-state index in [9.17, 15) is 14.9 Å². The lowest BCUT2D eigenvalue weighted by atomic mass is 10.1. The van der Waals surface area contributed by atoms with Crippen molar-refractivity contribution in [3.8, 4) is 5.69 Å². The maximum atomic E-state index is 12.6. The Labute approximate surface area is 197 Å². The van der Waals surface area contributed by atoms with Gasteiger partial charge in [0.2, 0.25) is 0 Å². The molecule has 2 heterocycles. The van der Waals surface area contributed by atoms with Crippen molar-refractivity contribution < 1.29 is 9.72 Å². The summed E-state index contributed by atoms with van der Waals surface area (Å²) in [6, 6.07) is 14.2. The largest absolute Gasteiger partial charge is 0.380 e. The number of nitro groups is 1. The number of para-hydroxylation sites is 1. The van der Waals surface area contributed by atoms with E-state index < -0.39 is 10.8 Å². The van der Waals surface area contributed by atoms with E-state index in [2.05, 4.69) is 20.7 Å². The van der Waals surface area contributed by atoms with Gasteiger partial charge in [-0.1, -0.05) is 18.2 Å². The molecule has 0 unspecified atom stereocenters. The van der Waals surface area contributed by atoms with Crippen molar-refractivity contribution in [2.45, 2.75) is 26.7 Å². The Morgan fingerprint density at radius 2 is 1.94 bits per heavy atom. The van der Waals surface area contributed by atoms with Gasteiger partial charge in [-0.25, -0.2) is 10.1 Å². The monoisotopic (exact) mass is 461 g/mol. The number of anilines is 2. The fourth-order valence-corrected chi connectivity index (χ4v) is 4.04. The summed E-state index contributed by atoms with van der Waals surface area (Å²) in [6.45, 7) is 6.13. The number of amides is 1. The van der Waals surface area contributed by atoms with Gasteiger partial charge in [0, 0.05) is 31.3 Å². The molecule has 1 aliphatic heterocycles. The Kier molecular flexibility index (Phi) is 6.86. The molecule has 1 aliphatic rings. The third kappa shape index (κ3) is 4.75. The van der Waals surface area contributed by atoms with Gasteiger partial charge in [-0.3, -0.25) is 14.9 Å². The quantitative estimate of drug-likeness (QED) is 0.299. The van der Waals surface area contributed by atoms with Crippen molar-refractivity contribution in [1.29, 1.82) is 0 Å². The Hall–Kier alpha value is -4.21. The predicted octanol–water partition coefficient (Wildman–Crippen LogP) is 3.88. The standard InChI is InChI=1S/C24H27N7O3/c1-3-25-21-12-11-18(15-22(21)31(33)34)23(32)27-26-16-20-17(2)28-30(19-9-5-4-6-10-19)24(20)29-13-7-8-14-29/h4-6,9-12,15-16,25H,3,7-8,13-14H2,1-2H3,(H,27,32). The zero-order chi connectivity index (χ0) is 24.1. The topological polar surface area (TPSA) is 118 Å². The number of carbonyl (C=O) groups is 1. The van der Waals surface area contributed by atoms with Gasteiger partial charge in [0.1, 0.15) is 11.5 Å². The molecule has 3 aromatic rings. The van der Waals surface area contributed by atoms with Crippen LogP contribution in [0.15, 0.2) is 53.6 Å².